The summed E-state index contributed by atoms with van der Waals surface area (Å²) in [6.45, 7) is 3.82. The summed E-state index contributed by atoms with van der Waals surface area (Å²) in [6, 6.07) is 6.41. The summed E-state index contributed by atoms with van der Waals surface area (Å²) in [6.07, 6.45) is 4.26. The van der Waals surface area contributed by atoms with Gasteiger partial charge in [0.1, 0.15) is 0 Å². The summed E-state index contributed by atoms with van der Waals surface area (Å²) >= 11 is 5.95. The lowest BCUT2D eigenvalue weighted by molar-refractivity contribution is -0.122. The number of carbonyl (C=O) groups is 1. The predicted molar refractivity (Wildman–Crippen MR) is 104 cm³/mol. The van der Waals surface area contributed by atoms with Crippen LogP contribution in [0.3, 0.4) is 0 Å². The number of hydrogen-bond donors (Lipinski definition) is 1. The largest absolute Gasteiger partial charge is 0.375 e. The number of sulfonamides is 1. The molecule has 1 spiro atoms. The molecular formula is C19H27ClN2O4S. The Hall–Kier alpha value is -1.15. The molecule has 2 aliphatic rings. The Morgan fingerprint density at radius 1 is 1.37 bits per heavy atom. The minimum absolute atomic E-state index is 0.00342. The molecule has 0 bridgehead atoms. The molecule has 3 rings (SSSR count). The van der Waals surface area contributed by atoms with Gasteiger partial charge in [0.2, 0.25) is 15.9 Å². The highest BCUT2D eigenvalue weighted by atomic mass is 35.5. The van der Waals surface area contributed by atoms with Crippen molar-refractivity contribution in [3.8, 4) is 0 Å². The predicted octanol–water partition coefficient (Wildman–Crippen LogP) is 2.82. The van der Waals surface area contributed by atoms with Gasteiger partial charge in [-0.15, -0.1) is 0 Å². The molecule has 27 heavy (non-hydrogen) atoms. The van der Waals surface area contributed by atoms with Crippen molar-refractivity contribution in [2.24, 2.45) is 5.92 Å². The Bertz CT molecular complexity index is 776. The van der Waals surface area contributed by atoms with E-state index in [-0.39, 0.29) is 16.4 Å². The molecule has 1 aromatic rings. The Morgan fingerprint density at radius 2 is 2.11 bits per heavy atom. The van der Waals surface area contributed by atoms with Gasteiger partial charge in [-0.1, -0.05) is 17.7 Å². The van der Waals surface area contributed by atoms with Crippen molar-refractivity contribution in [3.63, 3.8) is 0 Å². The van der Waals surface area contributed by atoms with Crippen LogP contribution in [0.4, 0.5) is 0 Å². The van der Waals surface area contributed by atoms with Crippen molar-refractivity contribution in [1.82, 2.24) is 9.62 Å². The summed E-state index contributed by atoms with van der Waals surface area (Å²) in [7, 11) is -3.53. The molecule has 1 atom stereocenters. The third-order valence-electron chi connectivity index (χ3n) is 5.59. The molecule has 2 aliphatic heterocycles. The first-order valence-corrected chi connectivity index (χ1v) is 11.3. The fraction of sp³-hybridized carbons (Fsp3) is 0.632. The van der Waals surface area contributed by atoms with Crippen LogP contribution in [0.2, 0.25) is 5.02 Å². The summed E-state index contributed by atoms with van der Waals surface area (Å²) in [4.78, 5) is 11.3. The maximum atomic E-state index is 12.9. The maximum absolute atomic E-state index is 12.9. The zero-order valence-corrected chi connectivity index (χ0v) is 17.2. The number of piperidine rings is 1. The third-order valence-corrected chi connectivity index (χ3v) is 7.72. The van der Waals surface area contributed by atoms with Gasteiger partial charge >= 0.3 is 0 Å². The molecule has 8 heteroatoms. The van der Waals surface area contributed by atoms with Crippen LogP contribution in [-0.2, 0) is 19.6 Å². The highest BCUT2D eigenvalue weighted by Gasteiger charge is 2.42. The van der Waals surface area contributed by atoms with E-state index in [1.807, 2.05) is 0 Å². The van der Waals surface area contributed by atoms with E-state index in [2.05, 4.69) is 5.32 Å². The van der Waals surface area contributed by atoms with Crippen molar-refractivity contribution in [2.45, 2.75) is 49.5 Å². The Kier molecular flexibility index (Phi) is 6.46. The smallest absolute Gasteiger partial charge is 0.243 e. The fourth-order valence-corrected chi connectivity index (χ4v) is 5.83. The highest BCUT2D eigenvalue weighted by molar-refractivity contribution is 7.89. The van der Waals surface area contributed by atoms with Gasteiger partial charge < -0.3 is 10.1 Å². The van der Waals surface area contributed by atoms with Gasteiger partial charge in [0.15, 0.2) is 0 Å². The second-order valence-corrected chi connectivity index (χ2v) is 9.90. The number of nitrogens with one attached hydrogen (secondary N) is 1. The molecule has 0 aliphatic carbocycles. The number of rotatable bonds is 5. The number of carbonyl (C=O) groups excluding carboxylic acids is 1. The zero-order chi connectivity index (χ0) is 19.5. The number of nitrogens with zero attached hydrogens (tertiary/aromatic N) is 1. The first-order chi connectivity index (χ1) is 12.8. The first kappa shape index (κ1) is 20.6. The first-order valence-electron chi connectivity index (χ1n) is 9.45. The lowest BCUT2D eigenvalue weighted by Crippen LogP contribution is -2.50. The third kappa shape index (κ3) is 5.02. The Morgan fingerprint density at radius 3 is 2.78 bits per heavy atom. The number of amides is 1. The van der Waals surface area contributed by atoms with E-state index in [0.717, 1.165) is 19.3 Å². The SMILES string of the molecule is CC(=O)NCCC1CCOC2(CCN(S(=O)(=O)c3cccc(Cl)c3)CC2)C1. The van der Waals surface area contributed by atoms with Crippen LogP contribution in [0.5, 0.6) is 0 Å². The lowest BCUT2D eigenvalue weighted by Gasteiger charge is -2.46. The minimum atomic E-state index is -3.53. The number of hydrogen-bond acceptors (Lipinski definition) is 4. The molecule has 2 fully saturated rings. The van der Waals surface area contributed by atoms with Gasteiger partial charge in [-0.3, -0.25) is 4.79 Å². The highest BCUT2D eigenvalue weighted by Crippen LogP contribution is 2.39. The van der Waals surface area contributed by atoms with Crippen LogP contribution < -0.4 is 5.32 Å². The van der Waals surface area contributed by atoms with E-state index in [4.69, 9.17) is 16.3 Å². The Labute approximate surface area is 166 Å². The zero-order valence-electron chi connectivity index (χ0n) is 15.6. The van der Waals surface area contributed by atoms with E-state index >= 15 is 0 Å². The second-order valence-electron chi connectivity index (χ2n) is 7.52. The molecule has 0 aromatic heterocycles. The summed E-state index contributed by atoms with van der Waals surface area (Å²) in [5.74, 6) is 0.498. The van der Waals surface area contributed by atoms with Crippen LogP contribution in [0.25, 0.3) is 0 Å². The van der Waals surface area contributed by atoms with E-state index in [1.54, 1.807) is 18.2 Å². The molecule has 0 saturated carbocycles. The van der Waals surface area contributed by atoms with Crippen molar-refractivity contribution < 1.29 is 17.9 Å². The standard InChI is InChI=1S/C19H27ClN2O4S/c1-15(23)21-9-5-16-6-12-26-19(14-16)7-10-22(11-8-19)27(24,25)18-4-2-3-17(20)13-18/h2-4,13,16H,5-12,14H2,1H3,(H,21,23). The summed E-state index contributed by atoms with van der Waals surface area (Å²) in [5, 5.41) is 3.27. The molecule has 0 radical (unpaired) electrons. The van der Waals surface area contributed by atoms with E-state index in [9.17, 15) is 13.2 Å². The van der Waals surface area contributed by atoms with E-state index in [0.29, 0.717) is 50.0 Å². The summed E-state index contributed by atoms with van der Waals surface area (Å²) in [5.41, 5.74) is -0.237. The normalized spacial score (nSPS) is 23.3. The van der Waals surface area contributed by atoms with Crippen LogP contribution in [0.1, 0.15) is 39.0 Å². The molecule has 1 N–H and O–H groups in total. The van der Waals surface area contributed by atoms with Gasteiger partial charge in [-0.05, 0) is 56.2 Å². The van der Waals surface area contributed by atoms with Crippen LogP contribution in [0.15, 0.2) is 29.2 Å². The number of halogens is 1. The van der Waals surface area contributed by atoms with Crippen molar-refractivity contribution in [1.29, 1.82) is 0 Å². The minimum Gasteiger partial charge on any atom is -0.375 e. The van der Waals surface area contributed by atoms with Crippen LogP contribution in [-0.4, -0.2) is 50.5 Å². The van der Waals surface area contributed by atoms with Gasteiger partial charge in [-0.25, -0.2) is 8.42 Å². The molecule has 1 unspecified atom stereocenters. The van der Waals surface area contributed by atoms with Gasteiger partial charge in [-0.2, -0.15) is 4.31 Å². The Balaban J connectivity index is 1.60. The van der Waals surface area contributed by atoms with Crippen molar-refractivity contribution in [3.05, 3.63) is 29.3 Å². The quantitative estimate of drug-likeness (QED) is 0.803. The van der Waals surface area contributed by atoms with E-state index in [1.165, 1.54) is 17.3 Å². The molecule has 1 amide bonds. The molecule has 2 saturated heterocycles. The molecule has 6 nitrogen and oxygen atoms in total. The topological polar surface area (TPSA) is 75.7 Å². The van der Waals surface area contributed by atoms with Crippen LogP contribution >= 0.6 is 11.6 Å². The average Bonchev–Trinajstić information content (AvgIpc) is 2.62. The average molecular weight is 415 g/mol. The lowest BCUT2D eigenvalue weighted by atomic mass is 9.79. The van der Waals surface area contributed by atoms with Crippen molar-refractivity contribution in [2.75, 3.05) is 26.2 Å². The molecular weight excluding hydrogens is 388 g/mol. The monoisotopic (exact) mass is 414 g/mol. The second kappa shape index (κ2) is 8.47. The molecule has 2 heterocycles. The molecule has 150 valence electrons. The van der Waals surface area contributed by atoms with Crippen molar-refractivity contribution >= 4 is 27.5 Å². The summed E-state index contributed by atoms with van der Waals surface area (Å²) < 4.78 is 33.4. The van der Waals surface area contributed by atoms with Gasteiger partial charge in [0.05, 0.1) is 10.5 Å². The number of benzene rings is 1. The fourth-order valence-electron chi connectivity index (χ4n) is 4.09. The number of ether oxygens (including phenoxy) is 1. The maximum Gasteiger partial charge on any atom is 0.243 e. The van der Waals surface area contributed by atoms with Crippen LogP contribution in [0, 0.1) is 5.92 Å². The van der Waals surface area contributed by atoms with Gasteiger partial charge in [0, 0.05) is 38.2 Å². The van der Waals surface area contributed by atoms with Gasteiger partial charge in [0.25, 0.3) is 0 Å². The molecule has 1 aromatic carbocycles. The van der Waals surface area contributed by atoms with E-state index < -0.39 is 10.0 Å².